The smallest absolute Gasteiger partial charge is 0.462 e. The Morgan fingerprint density at radius 3 is 0.667 bits per heavy atom. The van der Waals surface area contributed by atoms with Crippen LogP contribution in [0.4, 0.5) is 0 Å². The zero-order chi connectivity index (χ0) is 74.8. The third kappa shape index (κ3) is 76.3. The molecule has 606 valence electrons. The Bertz CT molecular complexity index is 1940. The van der Waals surface area contributed by atoms with E-state index in [-0.39, 0.29) is 25.7 Å². The summed E-state index contributed by atoms with van der Waals surface area (Å²) in [5.41, 5.74) is 0. The van der Waals surface area contributed by atoms with Gasteiger partial charge in [-0.1, -0.05) is 394 Å². The molecule has 0 aliphatic rings. The average Bonchev–Trinajstić information content (AvgIpc) is 1.12. The predicted octanol–water partition coefficient (Wildman–Crippen LogP) is 25.2. The van der Waals surface area contributed by atoms with Crippen molar-refractivity contribution in [3.8, 4) is 0 Å². The topological polar surface area (TPSA) is 237 Å². The van der Waals surface area contributed by atoms with E-state index >= 15 is 0 Å². The fraction of sp³-hybridized carbons (Fsp3) is 0.952. The van der Waals surface area contributed by atoms with Crippen molar-refractivity contribution in [3.63, 3.8) is 0 Å². The number of phosphoric acid groups is 2. The van der Waals surface area contributed by atoms with Gasteiger partial charge in [-0.3, -0.25) is 37.3 Å². The summed E-state index contributed by atoms with van der Waals surface area (Å²) in [4.78, 5) is 73.1. The molecule has 0 aromatic rings. The first-order chi connectivity index (χ1) is 49.5. The minimum Gasteiger partial charge on any atom is -0.462 e. The highest BCUT2D eigenvalue weighted by molar-refractivity contribution is 7.47. The molecule has 19 heteroatoms. The molecule has 0 heterocycles. The quantitative estimate of drug-likeness (QED) is 0.0222. The van der Waals surface area contributed by atoms with Gasteiger partial charge in [-0.2, -0.15) is 0 Å². The molecule has 0 saturated heterocycles. The highest BCUT2D eigenvalue weighted by Crippen LogP contribution is 2.45. The van der Waals surface area contributed by atoms with Gasteiger partial charge in [0, 0.05) is 25.7 Å². The van der Waals surface area contributed by atoms with Crippen LogP contribution in [0.25, 0.3) is 0 Å². The van der Waals surface area contributed by atoms with E-state index < -0.39 is 97.5 Å². The maximum absolute atomic E-state index is 13.1. The van der Waals surface area contributed by atoms with Crippen molar-refractivity contribution < 1.29 is 80.2 Å². The largest absolute Gasteiger partial charge is 0.472 e. The first kappa shape index (κ1) is 100. The minimum absolute atomic E-state index is 0.108. The van der Waals surface area contributed by atoms with Crippen molar-refractivity contribution >= 4 is 39.5 Å². The van der Waals surface area contributed by atoms with Crippen molar-refractivity contribution in [3.05, 3.63) is 0 Å². The van der Waals surface area contributed by atoms with Crippen LogP contribution in [0.15, 0.2) is 0 Å². The number of carbonyl (C=O) groups excluding carboxylic acids is 4. The fourth-order valence-corrected chi connectivity index (χ4v) is 14.5. The lowest BCUT2D eigenvalue weighted by molar-refractivity contribution is -0.161. The van der Waals surface area contributed by atoms with Gasteiger partial charge in [-0.15, -0.1) is 0 Å². The van der Waals surface area contributed by atoms with Crippen LogP contribution in [0.1, 0.15) is 446 Å². The number of aliphatic hydroxyl groups is 1. The van der Waals surface area contributed by atoms with Crippen LogP contribution in [0.3, 0.4) is 0 Å². The lowest BCUT2D eigenvalue weighted by Crippen LogP contribution is -2.30. The van der Waals surface area contributed by atoms with E-state index in [1.807, 2.05) is 0 Å². The van der Waals surface area contributed by atoms with Crippen molar-refractivity contribution in [1.82, 2.24) is 0 Å². The Morgan fingerprint density at radius 1 is 0.265 bits per heavy atom. The van der Waals surface area contributed by atoms with Crippen LogP contribution in [0, 0.1) is 5.92 Å². The number of ether oxygens (including phenoxy) is 4. The standard InChI is InChI=1S/C83H162O17P2/c1-6-9-12-15-18-21-23-25-27-29-31-33-38-42-47-52-57-62-67-81(86)94-73-79(100-83(88)68-63-58-53-48-43-39-34-32-30-28-26-24-22-19-16-13-10-7-2)75-98-102(91,92)96-71-77(84)70-95-101(89,90)97-74-78(72-93-80(85)66-61-56-51-45-20-17-14-11-8-3)99-82(87)69-64-59-54-49-44-40-36-35-37-41-46-50-55-60-65-76(4)5/h76-79,84H,6-75H2,1-5H3,(H,89,90)(H,91,92)/t77-,78+,79+/m0/s1. The maximum atomic E-state index is 13.1. The Morgan fingerprint density at radius 2 is 0.451 bits per heavy atom. The minimum atomic E-state index is -4.96. The van der Waals surface area contributed by atoms with Gasteiger partial charge >= 0.3 is 39.5 Å². The molecule has 0 spiro atoms. The summed E-state index contributed by atoms with van der Waals surface area (Å²) in [5.74, 6) is -1.31. The fourth-order valence-electron chi connectivity index (χ4n) is 12.9. The summed E-state index contributed by atoms with van der Waals surface area (Å²) in [6.45, 7) is 7.35. The van der Waals surface area contributed by atoms with Crippen LogP contribution in [-0.4, -0.2) is 96.7 Å². The van der Waals surface area contributed by atoms with E-state index in [9.17, 15) is 43.2 Å². The van der Waals surface area contributed by atoms with Crippen LogP contribution < -0.4 is 0 Å². The molecule has 0 aliphatic carbocycles. The molecule has 0 aromatic heterocycles. The molecule has 0 aliphatic heterocycles. The Kier molecular flexibility index (Phi) is 74.4. The van der Waals surface area contributed by atoms with E-state index in [0.29, 0.717) is 25.7 Å². The van der Waals surface area contributed by atoms with Crippen molar-refractivity contribution in [1.29, 1.82) is 0 Å². The van der Waals surface area contributed by atoms with E-state index in [1.165, 1.54) is 270 Å². The molecule has 17 nitrogen and oxygen atoms in total. The number of esters is 4. The Balaban J connectivity index is 5.21. The number of aliphatic hydroxyl groups excluding tert-OH is 1. The van der Waals surface area contributed by atoms with Crippen LogP contribution in [0.2, 0.25) is 0 Å². The molecule has 0 amide bonds. The van der Waals surface area contributed by atoms with Gasteiger partial charge in [-0.05, 0) is 31.6 Å². The van der Waals surface area contributed by atoms with Gasteiger partial charge in [-0.25, -0.2) is 9.13 Å². The van der Waals surface area contributed by atoms with Crippen molar-refractivity contribution in [2.45, 2.75) is 464 Å². The first-order valence-electron chi connectivity index (χ1n) is 43.1. The van der Waals surface area contributed by atoms with Gasteiger partial charge < -0.3 is 33.8 Å². The van der Waals surface area contributed by atoms with Gasteiger partial charge in [0.2, 0.25) is 0 Å². The monoisotopic (exact) mass is 1490 g/mol. The molecule has 0 radical (unpaired) electrons. The zero-order valence-electron chi connectivity index (χ0n) is 66.8. The van der Waals surface area contributed by atoms with Gasteiger partial charge in [0.15, 0.2) is 12.2 Å². The van der Waals surface area contributed by atoms with E-state index in [4.69, 9.17) is 37.0 Å². The highest BCUT2D eigenvalue weighted by Gasteiger charge is 2.30. The number of hydrogen-bond acceptors (Lipinski definition) is 15. The summed E-state index contributed by atoms with van der Waals surface area (Å²) >= 11 is 0. The van der Waals surface area contributed by atoms with Gasteiger partial charge in [0.05, 0.1) is 26.4 Å². The third-order valence-corrected chi connectivity index (χ3v) is 21.4. The number of rotatable bonds is 83. The summed E-state index contributed by atoms with van der Waals surface area (Å²) in [7, 11) is -9.92. The molecule has 0 bridgehead atoms. The lowest BCUT2D eigenvalue weighted by Gasteiger charge is -2.21. The van der Waals surface area contributed by atoms with Crippen molar-refractivity contribution in [2.75, 3.05) is 39.6 Å². The van der Waals surface area contributed by atoms with Gasteiger partial charge in [0.25, 0.3) is 0 Å². The van der Waals surface area contributed by atoms with Crippen LogP contribution >= 0.6 is 15.6 Å². The zero-order valence-corrected chi connectivity index (χ0v) is 68.5. The molecule has 0 rings (SSSR count). The molecule has 2 unspecified atom stereocenters. The summed E-state index contributed by atoms with van der Waals surface area (Å²) < 4.78 is 68.8. The third-order valence-electron chi connectivity index (χ3n) is 19.5. The molecular weight excluding hydrogens is 1330 g/mol. The Hall–Kier alpha value is -1.94. The Labute approximate surface area is 626 Å². The second kappa shape index (κ2) is 75.9. The second-order valence-electron chi connectivity index (χ2n) is 30.3. The molecular formula is C83H162O17P2. The van der Waals surface area contributed by atoms with Crippen LogP contribution in [0.5, 0.6) is 0 Å². The number of carbonyl (C=O) groups is 4. The number of hydrogen-bond donors (Lipinski definition) is 3. The SMILES string of the molecule is CCCCCCCCCCCCCCCCCCCCC(=O)OC[C@H](COP(=O)(O)OC[C@@H](O)COP(=O)(O)OC[C@@H](COC(=O)CCCCCCCCCCC)OC(=O)CCCCCCCCCCCCCCCCC(C)C)OC(=O)CCCCCCCCCCCCCCCCCCCC. The second-order valence-corrected chi connectivity index (χ2v) is 33.3. The first-order valence-corrected chi connectivity index (χ1v) is 46.1. The number of phosphoric ester groups is 2. The highest BCUT2D eigenvalue weighted by atomic mass is 31.2. The molecule has 3 N–H and O–H groups in total. The molecule has 0 saturated carbocycles. The summed E-state index contributed by atoms with van der Waals surface area (Å²) in [6.07, 6.45) is 68.0. The van der Waals surface area contributed by atoms with Crippen molar-refractivity contribution in [2.24, 2.45) is 5.92 Å². The van der Waals surface area contributed by atoms with E-state index in [0.717, 1.165) is 95.8 Å². The predicted molar refractivity (Wildman–Crippen MR) is 418 cm³/mol. The molecule has 0 fully saturated rings. The average molecular weight is 1490 g/mol. The lowest BCUT2D eigenvalue weighted by atomic mass is 10.0. The van der Waals surface area contributed by atoms with E-state index in [2.05, 4.69) is 34.6 Å². The molecule has 0 aromatic carbocycles. The normalized spacial score (nSPS) is 13.8. The summed E-state index contributed by atoms with van der Waals surface area (Å²) in [6, 6.07) is 0. The van der Waals surface area contributed by atoms with Gasteiger partial charge in [0.1, 0.15) is 19.3 Å². The number of unbranched alkanes of at least 4 members (excludes halogenated alkanes) is 55. The summed E-state index contributed by atoms with van der Waals surface area (Å²) in [5, 5.41) is 10.7. The van der Waals surface area contributed by atoms with E-state index in [1.54, 1.807) is 0 Å². The van der Waals surface area contributed by atoms with Crippen LogP contribution in [-0.2, 0) is 65.4 Å². The molecule has 102 heavy (non-hydrogen) atoms. The maximum Gasteiger partial charge on any atom is 0.472 e. The molecule has 5 atom stereocenters.